The average Bonchev–Trinajstić information content (AvgIpc) is 3.17. The number of hydrogen-bond donors (Lipinski definition) is 0. The van der Waals surface area contributed by atoms with Crippen molar-refractivity contribution in [1.29, 1.82) is 0 Å². The van der Waals surface area contributed by atoms with Gasteiger partial charge in [-0.15, -0.1) is 0 Å². The molecule has 2 heterocycles. The molecule has 6 nitrogen and oxygen atoms in total. The minimum atomic E-state index is -0.632. The van der Waals surface area contributed by atoms with E-state index in [1.165, 1.54) is 6.20 Å². The highest BCUT2D eigenvalue weighted by molar-refractivity contribution is 6.01. The Kier molecular flexibility index (Phi) is 4.45. The second kappa shape index (κ2) is 7.21. The SMILES string of the molecule is O=C(COC(=O)c1cnn2c(-c3ccccc3)ccnc12)c1ccccc1. The summed E-state index contributed by atoms with van der Waals surface area (Å²) in [6.45, 7) is -0.335. The molecule has 0 atom stereocenters. The van der Waals surface area contributed by atoms with E-state index in [0.717, 1.165) is 11.3 Å². The molecule has 4 rings (SSSR count). The predicted octanol–water partition coefficient (Wildman–Crippen LogP) is 3.44. The lowest BCUT2D eigenvalue weighted by Crippen LogP contribution is -2.14. The van der Waals surface area contributed by atoms with E-state index in [1.54, 1.807) is 35.0 Å². The van der Waals surface area contributed by atoms with Crippen molar-refractivity contribution in [3.8, 4) is 11.3 Å². The van der Waals surface area contributed by atoms with Gasteiger partial charge >= 0.3 is 5.97 Å². The Morgan fingerprint density at radius 2 is 1.63 bits per heavy atom. The lowest BCUT2D eigenvalue weighted by molar-refractivity contribution is 0.0476. The fourth-order valence-electron chi connectivity index (χ4n) is 2.78. The van der Waals surface area contributed by atoms with Crippen molar-refractivity contribution in [3.63, 3.8) is 0 Å². The van der Waals surface area contributed by atoms with Crippen LogP contribution < -0.4 is 0 Å². The van der Waals surface area contributed by atoms with Gasteiger partial charge in [-0.05, 0) is 6.07 Å². The normalized spacial score (nSPS) is 10.7. The highest BCUT2D eigenvalue weighted by Crippen LogP contribution is 2.21. The van der Waals surface area contributed by atoms with Crippen LogP contribution in [0.25, 0.3) is 16.9 Å². The van der Waals surface area contributed by atoms with Gasteiger partial charge in [0.15, 0.2) is 18.0 Å². The quantitative estimate of drug-likeness (QED) is 0.404. The third-order valence-electron chi connectivity index (χ3n) is 4.12. The molecule has 0 radical (unpaired) electrons. The van der Waals surface area contributed by atoms with Crippen LogP contribution >= 0.6 is 0 Å². The van der Waals surface area contributed by atoms with Crippen molar-refractivity contribution in [3.05, 3.63) is 90.3 Å². The lowest BCUT2D eigenvalue weighted by atomic mass is 10.1. The molecule has 0 saturated heterocycles. The fraction of sp³-hybridized carbons (Fsp3) is 0.0476. The Morgan fingerprint density at radius 1 is 0.926 bits per heavy atom. The second-order valence-electron chi connectivity index (χ2n) is 5.86. The van der Waals surface area contributed by atoms with Gasteiger partial charge in [0.25, 0.3) is 0 Å². The van der Waals surface area contributed by atoms with Crippen molar-refractivity contribution in [1.82, 2.24) is 14.6 Å². The molecular formula is C21H15N3O3. The van der Waals surface area contributed by atoms with Gasteiger partial charge in [-0.3, -0.25) is 4.79 Å². The molecule has 4 aromatic rings. The second-order valence-corrected chi connectivity index (χ2v) is 5.86. The number of aromatic nitrogens is 3. The average molecular weight is 357 g/mol. The van der Waals surface area contributed by atoms with E-state index in [2.05, 4.69) is 10.1 Å². The number of benzene rings is 2. The molecule has 27 heavy (non-hydrogen) atoms. The van der Waals surface area contributed by atoms with Crippen molar-refractivity contribution in [2.24, 2.45) is 0 Å². The zero-order chi connectivity index (χ0) is 18.6. The topological polar surface area (TPSA) is 73.6 Å². The van der Waals surface area contributed by atoms with Gasteiger partial charge in [0, 0.05) is 17.3 Å². The van der Waals surface area contributed by atoms with Crippen LogP contribution in [0.3, 0.4) is 0 Å². The van der Waals surface area contributed by atoms with E-state index in [1.807, 2.05) is 42.5 Å². The van der Waals surface area contributed by atoms with Crippen LogP contribution in [0.5, 0.6) is 0 Å². The summed E-state index contributed by atoms with van der Waals surface area (Å²) in [5.41, 5.74) is 2.85. The number of Topliss-reactive ketones (excluding diaryl/α,β-unsaturated/α-hetero) is 1. The molecule has 2 aromatic carbocycles. The van der Waals surface area contributed by atoms with Crippen LogP contribution in [0.15, 0.2) is 79.1 Å². The Bertz CT molecular complexity index is 1110. The largest absolute Gasteiger partial charge is 0.454 e. The van der Waals surface area contributed by atoms with Crippen molar-refractivity contribution < 1.29 is 14.3 Å². The van der Waals surface area contributed by atoms with E-state index in [9.17, 15) is 9.59 Å². The number of nitrogens with zero attached hydrogens (tertiary/aromatic N) is 3. The molecule has 0 aliphatic heterocycles. The van der Waals surface area contributed by atoms with Gasteiger partial charge in [0.2, 0.25) is 0 Å². The van der Waals surface area contributed by atoms with E-state index in [0.29, 0.717) is 11.2 Å². The first-order valence-electron chi connectivity index (χ1n) is 8.37. The molecule has 0 spiro atoms. The molecule has 0 unspecified atom stereocenters. The number of carbonyl (C=O) groups is 2. The monoisotopic (exact) mass is 357 g/mol. The van der Waals surface area contributed by atoms with Crippen molar-refractivity contribution in [2.75, 3.05) is 6.61 Å². The number of rotatable bonds is 5. The molecule has 0 fully saturated rings. The van der Waals surface area contributed by atoms with Crippen LogP contribution in [-0.4, -0.2) is 33.0 Å². The number of hydrogen-bond acceptors (Lipinski definition) is 5. The van der Waals surface area contributed by atoms with Gasteiger partial charge in [-0.1, -0.05) is 60.7 Å². The van der Waals surface area contributed by atoms with Gasteiger partial charge in [-0.2, -0.15) is 5.10 Å². The molecule has 0 N–H and O–H groups in total. The first-order valence-corrected chi connectivity index (χ1v) is 8.37. The highest BCUT2D eigenvalue weighted by Gasteiger charge is 2.18. The maximum atomic E-state index is 12.4. The van der Waals surface area contributed by atoms with E-state index in [4.69, 9.17) is 4.74 Å². The molecule has 132 valence electrons. The predicted molar refractivity (Wildman–Crippen MR) is 99.5 cm³/mol. The Balaban J connectivity index is 1.57. The van der Waals surface area contributed by atoms with Crippen LogP contribution in [-0.2, 0) is 4.74 Å². The van der Waals surface area contributed by atoms with Gasteiger partial charge in [-0.25, -0.2) is 14.3 Å². The Morgan fingerprint density at radius 3 is 2.37 bits per heavy atom. The van der Waals surface area contributed by atoms with Gasteiger partial charge in [0.05, 0.1) is 11.9 Å². The van der Waals surface area contributed by atoms with E-state index >= 15 is 0 Å². The van der Waals surface area contributed by atoms with Crippen LogP contribution in [0.2, 0.25) is 0 Å². The van der Waals surface area contributed by atoms with Crippen molar-refractivity contribution >= 4 is 17.4 Å². The summed E-state index contributed by atoms with van der Waals surface area (Å²) in [4.78, 5) is 28.8. The summed E-state index contributed by atoms with van der Waals surface area (Å²) < 4.78 is 6.76. The molecule has 0 bridgehead atoms. The molecule has 0 amide bonds. The molecule has 6 heteroatoms. The number of ether oxygens (including phenoxy) is 1. The summed E-state index contributed by atoms with van der Waals surface area (Å²) in [5, 5.41) is 4.27. The minimum Gasteiger partial charge on any atom is -0.454 e. The molecular weight excluding hydrogens is 342 g/mol. The number of carbonyl (C=O) groups excluding carboxylic acids is 2. The molecule has 0 aliphatic carbocycles. The third-order valence-corrected chi connectivity index (χ3v) is 4.12. The van der Waals surface area contributed by atoms with E-state index in [-0.39, 0.29) is 18.0 Å². The summed E-state index contributed by atoms with van der Waals surface area (Å²) in [6.07, 6.45) is 3.02. The maximum absolute atomic E-state index is 12.4. The molecule has 2 aromatic heterocycles. The first-order chi connectivity index (χ1) is 13.2. The van der Waals surface area contributed by atoms with E-state index < -0.39 is 5.97 Å². The molecule has 0 saturated carbocycles. The summed E-state index contributed by atoms with van der Waals surface area (Å²) in [7, 11) is 0. The number of fused-ring (bicyclic) bond motifs is 1. The Labute approximate surface area is 155 Å². The summed E-state index contributed by atoms with van der Waals surface area (Å²) in [6, 6.07) is 20.2. The third kappa shape index (κ3) is 3.32. The summed E-state index contributed by atoms with van der Waals surface area (Å²) >= 11 is 0. The first kappa shape index (κ1) is 16.7. The fourth-order valence-corrected chi connectivity index (χ4v) is 2.78. The highest BCUT2D eigenvalue weighted by atomic mass is 16.5. The lowest BCUT2D eigenvalue weighted by Gasteiger charge is -2.05. The van der Waals surface area contributed by atoms with Crippen LogP contribution in [0.4, 0.5) is 0 Å². The van der Waals surface area contributed by atoms with Gasteiger partial charge < -0.3 is 4.74 Å². The minimum absolute atomic E-state index is 0.216. The summed E-state index contributed by atoms with van der Waals surface area (Å²) in [5.74, 6) is -0.898. The smallest absolute Gasteiger partial charge is 0.344 e. The zero-order valence-corrected chi connectivity index (χ0v) is 14.3. The molecule has 0 aliphatic rings. The van der Waals surface area contributed by atoms with Crippen LogP contribution in [0.1, 0.15) is 20.7 Å². The van der Waals surface area contributed by atoms with Crippen LogP contribution in [0, 0.1) is 0 Å². The number of ketones is 1. The maximum Gasteiger partial charge on any atom is 0.344 e. The van der Waals surface area contributed by atoms with Crippen molar-refractivity contribution in [2.45, 2.75) is 0 Å². The number of esters is 1. The zero-order valence-electron chi connectivity index (χ0n) is 14.3. The standard InChI is InChI=1S/C21H15N3O3/c25-19(16-9-5-2-6-10-16)14-27-21(26)17-13-23-24-18(11-12-22-20(17)24)15-7-3-1-4-8-15/h1-13H,14H2. The Hall–Kier alpha value is -3.80. The van der Waals surface area contributed by atoms with Gasteiger partial charge in [0.1, 0.15) is 5.56 Å².